The summed E-state index contributed by atoms with van der Waals surface area (Å²) >= 11 is 12.2. The summed E-state index contributed by atoms with van der Waals surface area (Å²) < 4.78 is 0. The van der Waals surface area contributed by atoms with Crippen LogP contribution in [0.2, 0.25) is 10.0 Å². The predicted molar refractivity (Wildman–Crippen MR) is 105 cm³/mol. The maximum Gasteiger partial charge on any atom is 0.0578 e. The summed E-state index contributed by atoms with van der Waals surface area (Å²) in [5.41, 5.74) is 2.50. The molecule has 0 saturated carbocycles. The number of rotatable bonds is 4. The lowest BCUT2D eigenvalue weighted by molar-refractivity contribution is 0.145. The summed E-state index contributed by atoms with van der Waals surface area (Å²) in [6.07, 6.45) is 5.13. The fourth-order valence-electron chi connectivity index (χ4n) is 4.48. The highest BCUT2D eigenvalue weighted by Crippen LogP contribution is 2.36. The zero-order chi connectivity index (χ0) is 17.4. The number of nitrogens with zero attached hydrogens (tertiary/aromatic N) is 1. The Morgan fingerprint density at radius 1 is 0.840 bits per heavy atom. The first-order chi connectivity index (χ1) is 12.1. The van der Waals surface area contributed by atoms with Gasteiger partial charge < -0.3 is 10.2 Å². The van der Waals surface area contributed by atoms with E-state index in [-0.39, 0.29) is 6.04 Å². The van der Waals surface area contributed by atoms with Crippen molar-refractivity contribution in [3.05, 3.63) is 69.7 Å². The van der Waals surface area contributed by atoms with E-state index in [0.29, 0.717) is 6.04 Å². The molecule has 2 aliphatic heterocycles. The number of hydrogen-bond acceptors (Lipinski definition) is 2. The van der Waals surface area contributed by atoms with Crippen LogP contribution in [0.25, 0.3) is 0 Å². The second kappa shape index (κ2) is 7.28. The van der Waals surface area contributed by atoms with Crippen LogP contribution >= 0.6 is 23.2 Å². The van der Waals surface area contributed by atoms with Crippen LogP contribution in [0.5, 0.6) is 0 Å². The molecule has 0 amide bonds. The van der Waals surface area contributed by atoms with Gasteiger partial charge in [-0.15, -0.1) is 0 Å². The predicted octanol–water partition coefficient (Wildman–Crippen LogP) is 5.30. The third kappa shape index (κ3) is 3.73. The van der Waals surface area contributed by atoms with E-state index in [1.807, 2.05) is 24.3 Å². The van der Waals surface area contributed by atoms with E-state index >= 15 is 0 Å². The molecular weight excluding hydrogens is 351 g/mol. The third-order valence-electron chi connectivity index (χ3n) is 5.91. The van der Waals surface area contributed by atoms with Gasteiger partial charge in [0, 0.05) is 28.2 Å². The van der Waals surface area contributed by atoms with E-state index in [4.69, 9.17) is 23.2 Å². The second-order valence-corrected chi connectivity index (χ2v) is 8.29. The fraction of sp³-hybridized carbons (Fsp3) is 0.429. The monoisotopic (exact) mass is 374 g/mol. The molecule has 25 heavy (non-hydrogen) atoms. The average Bonchev–Trinajstić information content (AvgIpc) is 2.83. The zero-order valence-electron chi connectivity index (χ0n) is 14.5. The highest BCUT2D eigenvalue weighted by Gasteiger charge is 2.39. The van der Waals surface area contributed by atoms with Gasteiger partial charge in [-0.05, 0) is 68.1 Å². The molecule has 132 valence electrons. The average molecular weight is 375 g/mol. The van der Waals surface area contributed by atoms with Crippen LogP contribution < -0.4 is 5.32 Å². The summed E-state index contributed by atoms with van der Waals surface area (Å²) in [6.45, 7) is 0. The SMILES string of the molecule is CN1[C@@H]2CC[C@H]1CC(NC(c1ccc(Cl)cc1)c1ccc(Cl)cc1)C2. The van der Waals surface area contributed by atoms with Gasteiger partial charge >= 0.3 is 0 Å². The van der Waals surface area contributed by atoms with Gasteiger partial charge in [0.2, 0.25) is 0 Å². The molecule has 4 heteroatoms. The lowest BCUT2D eigenvalue weighted by Gasteiger charge is -2.38. The van der Waals surface area contributed by atoms with Crippen molar-refractivity contribution >= 4 is 23.2 Å². The van der Waals surface area contributed by atoms with E-state index in [0.717, 1.165) is 22.1 Å². The Labute approximate surface area is 160 Å². The lowest BCUT2D eigenvalue weighted by atomic mass is 9.93. The summed E-state index contributed by atoms with van der Waals surface area (Å²) in [4.78, 5) is 2.58. The van der Waals surface area contributed by atoms with Crippen molar-refractivity contribution in [2.24, 2.45) is 0 Å². The Morgan fingerprint density at radius 3 is 1.72 bits per heavy atom. The van der Waals surface area contributed by atoms with Crippen LogP contribution in [0.15, 0.2) is 48.5 Å². The smallest absolute Gasteiger partial charge is 0.0578 e. The molecule has 2 aromatic rings. The number of piperidine rings is 1. The standard InChI is InChI=1S/C21H24Cl2N2/c1-25-19-10-11-20(25)13-18(12-19)24-21(14-2-6-16(22)7-3-14)15-4-8-17(23)9-5-15/h2-9,18-21,24H,10-13H2,1H3/t18?,19-,20+. The van der Waals surface area contributed by atoms with E-state index in [1.165, 1.54) is 36.8 Å². The van der Waals surface area contributed by atoms with Crippen LogP contribution in [0.1, 0.15) is 42.9 Å². The highest BCUT2D eigenvalue weighted by molar-refractivity contribution is 6.30. The number of benzene rings is 2. The van der Waals surface area contributed by atoms with Gasteiger partial charge in [-0.2, -0.15) is 0 Å². The number of fused-ring (bicyclic) bond motifs is 2. The molecule has 0 spiro atoms. The summed E-state index contributed by atoms with van der Waals surface area (Å²) in [5, 5.41) is 5.48. The minimum Gasteiger partial charge on any atom is -0.303 e. The third-order valence-corrected chi connectivity index (χ3v) is 6.41. The van der Waals surface area contributed by atoms with Crippen molar-refractivity contribution in [2.45, 2.75) is 49.9 Å². The summed E-state index contributed by atoms with van der Waals surface area (Å²) in [6, 6.07) is 18.6. The zero-order valence-corrected chi connectivity index (χ0v) is 16.0. The number of nitrogens with one attached hydrogen (secondary N) is 1. The normalized spacial score (nSPS) is 26.3. The highest BCUT2D eigenvalue weighted by atomic mass is 35.5. The minimum atomic E-state index is 0.169. The molecule has 2 bridgehead atoms. The molecule has 2 aliphatic rings. The van der Waals surface area contributed by atoms with Gasteiger partial charge in [-0.25, -0.2) is 0 Å². The van der Waals surface area contributed by atoms with Crippen molar-refractivity contribution in [1.29, 1.82) is 0 Å². The molecular formula is C21H24Cl2N2. The van der Waals surface area contributed by atoms with E-state index in [2.05, 4.69) is 41.5 Å². The first-order valence-electron chi connectivity index (χ1n) is 9.09. The fourth-order valence-corrected chi connectivity index (χ4v) is 4.73. The van der Waals surface area contributed by atoms with Crippen LogP contribution in [0, 0.1) is 0 Å². The Bertz CT molecular complexity index is 654. The molecule has 0 radical (unpaired) electrons. The Hall–Kier alpha value is -1.06. The summed E-state index contributed by atoms with van der Waals surface area (Å²) in [7, 11) is 2.29. The van der Waals surface area contributed by atoms with Crippen LogP contribution in [0.4, 0.5) is 0 Å². The largest absolute Gasteiger partial charge is 0.303 e. The maximum absolute atomic E-state index is 6.09. The van der Waals surface area contributed by atoms with Crippen molar-refractivity contribution in [3.8, 4) is 0 Å². The first kappa shape index (κ1) is 17.4. The second-order valence-electron chi connectivity index (χ2n) is 7.42. The van der Waals surface area contributed by atoms with Gasteiger partial charge in [0.05, 0.1) is 6.04 Å². The molecule has 2 nitrogen and oxygen atoms in total. The van der Waals surface area contributed by atoms with Gasteiger partial charge in [-0.1, -0.05) is 47.5 Å². The molecule has 2 heterocycles. The molecule has 0 aliphatic carbocycles. The molecule has 2 aromatic carbocycles. The first-order valence-corrected chi connectivity index (χ1v) is 9.84. The van der Waals surface area contributed by atoms with Crippen LogP contribution in [-0.4, -0.2) is 30.1 Å². The van der Waals surface area contributed by atoms with Crippen molar-refractivity contribution < 1.29 is 0 Å². The van der Waals surface area contributed by atoms with E-state index in [1.54, 1.807) is 0 Å². The molecule has 4 rings (SSSR count). The van der Waals surface area contributed by atoms with Gasteiger partial charge in [-0.3, -0.25) is 0 Å². The van der Waals surface area contributed by atoms with Crippen LogP contribution in [-0.2, 0) is 0 Å². The molecule has 3 atom stereocenters. The van der Waals surface area contributed by atoms with Gasteiger partial charge in [0.25, 0.3) is 0 Å². The van der Waals surface area contributed by atoms with Crippen molar-refractivity contribution in [3.63, 3.8) is 0 Å². The Balaban J connectivity index is 1.59. The Morgan fingerprint density at radius 2 is 1.28 bits per heavy atom. The van der Waals surface area contributed by atoms with E-state index < -0.39 is 0 Å². The van der Waals surface area contributed by atoms with Crippen LogP contribution in [0.3, 0.4) is 0 Å². The summed E-state index contributed by atoms with van der Waals surface area (Å²) in [5.74, 6) is 0. The molecule has 2 fully saturated rings. The number of halogens is 2. The molecule has 1 unspecified atom stereocenters. The molecule has 1 N–H and O–H groups in total. The van der Waals surface area contributed by atoms with Gasteiger partial charge in [0.1, 0.15) is 0 Å². The van der Waals surface area contributed by atoms with E-state index in [9.17, 15) is 0 Å². The topological polar surface area (TPSA) is 15.3 Å². The number of hydrogen-bond donors (Lipinski definition) is 1. The maximum atomic E-state index is 6.09. The molecule has 0 aromatic heterocycles. The quantitative estimate of drug-likeness (QED) is 0.780. The van der Waals surface area contributed by atoms with Crippen molar-refractivity contribution in [2.75, 3.05) is 7.05 Å². The van der Waals surface area contributed by atoms with Crippen molar-refractivity contribution in [1.82, 2.24) is 10.2 Å². The Kier molecular flexibility index (Phi) is 5.06. The molecule has 2 saturated heterocycles. The minimum absolute atomic E-state index is 0.169. The lowest BCUT2D eigenvalue weighted by Crippen LogP contribution is -2.48. The van der Waals surface area contributed by atoms with Gasteiger partial charge in [0.15, 0.2) is 0 Å².